The fraction of sp³-hybridized carbons (Fsp3) is 0.333. The molecule has 0 radical (unpaired) electrons. The summed E-state index contributed by atoms with van der Waals surface area (Å²) in [5.41, 5.74) is 6.92. The third-order valence-electron chi connectivity index (χ3n) is 3.30. The molecule has 2 unspecified atom stereocenters. The van der Waals surface area contributed by atoms with Crippen LogP contribution in [0.4, 0.5) is 0 Å². The maximum atomic E-state index is 12.2. The molecule has 1 aliphatic rings. The van der Waals surface area contributed by atoms with Crippen molar-refractivity contribution in [2.24, 2.45) is 5.73 Å². The quantitative estimate of drug-likeness (QED) is 0.824. The second kappa shape index (κ2) is 6.22. The minimum atomic E-state index is -0.640. The standard InChI is InChI=1S/C15H17N3O2/c1-20-13-6-4-11(5-7-13)9-14(17)15(19)18-8-2-3-12(18)10-16/h2-7,12,14H,8-9,17H2,1H3. The van der Waals surface area contributed by atoms with E-state index in [2.05, 4.69) is 6.07 Å². The summed E-state index contributed by atoms with van der Waals surface area (Å²) in [6.45, 7) is 0.452. The molecule has 0 saturated heterocycles. The van der Waals surface area contributed by atoms with Crippen molar-refractivity contribution < 1.29 is 9.53 Å². The van der Waals surface area contributed by atoms with Gasteiger partial charge < -0.3 is 15.4 Å². The molecular weight excluding hydrogens is 254 g/mol. The molecule has 5 heteroatoms. The van der Waals surface area contributed by atoms with Crippen LogP contribution in [0.5, 0.6) is 5.75 Å². The van der Waals surface area contributed by atoms with E-state index in [-0.39, 0.29) is 5.91 Å². The third kappa shape index (κ3) is 2.98. The number of nitriles is 1. The van der Waals surface area contributed by atoms with Gasteiger partial charge in [0.05, 0.1) is 19.2 Å². The van der Waals surface area contributed by atoms with Gasteiger partial charge in [-0.1, -0.05) is 18.2 Å². The van der Waals surface area contributed by atoms with E-state index in [1.54, 1.807) is 13.2 Å². The van der Waals surface area contributed by atoms with Crippen LogP contribution in [0, 0.1) is 11.3 Å². The average Bonchev–Trinajstić information content (AvgIpc) is 2.95. The van der Waals surface area contributed by atoms with Crippen LogP contribution in [0.25, 0.3) is 0 Å². The van der Waals surface area contributed by atoms with Gasteiger partial charge in [0.2, 0.25) is 5.91 Å². The number of hydrogen-bond acceptors (Lipinski definition) is 4. The fourth-order valence-corrected chi connectivity index (χ4v) is 2.18. The lowest BCUT2D eigenvalue weighted by Crippen LogP contribution is -2.46. The maximum Gasteiger partial charge on any atom is 0.241 e. The summed E-state index contributed by atoms with van der Waals surface area (Å²) >= 11 is 0. The Kier molecular flexibility index (Phi) is 4.38. The third-order valence-corrected chi connectivity index (χ3v) is 3.30. The number of benzene rings is 1. The van der Waals surface area contributed by atoms with Crippen LogP contribution in [0.15, 0.2) is 36.4 Å². The number of ether oxygens (including phenoxy) is 1. The Bertz CT molecular complexity index is 545. The second-order valence-corrected chi connectivity index (χ2v) is 4.65. The van der Waals surface area contributed by atoms with Crippen LogP contribution in [-0.2, 0) is 11.2 Å². The Morgan fingerprint density at radius 2 is 2.25 bits per heavy atom. The molecule has 0 bridgehead atoms. The summed E-state index contributed by atoms with van der Waals surface area (Å²) in [7, 11) is 1.60. The van der Waals surface area contributed by atoms with Crippen LogP contribution in [-0.4, -0.2) is 36.5 Å². The van der Waals surface area contributed by atoms with Gasteiger partial charge in [0.15, 0.2) is 0 Å². The van der Waals surface area contributed by atoms with Crippen molar-refractivity contribution in [2.45, 2.75) is 18.5 Å². The Labute approximate surface area is 118 Å². The second-order valence-electron chi connectivity index (χ2n) is 4.65. The molecule has 2 rings (SSSR count). The number of carbonyl (C=O) groups is 1. The summed E-state index contributed by atoms with van der Waals surface area (Å²) in [4.78, 5) is 13.7. The zero-order valence-corrected chi connectivity index (χ0v) is 11.3. The fourth-order valence-electron chi connectivity index (χ4n) is 2.18. The number of carbonyl (C=O) groups excluding carboxylic acids is 1. The van der Waals surface area contributed by atoms with Gasteiger partial charge >= 0.3 is 0 Å². The lowest BCUT2D eigenvalue weighted by molar-refractivity contribution is -0.132. The highest BCUT2D eigenvalue weighted by molar-refractivity contribution is 5.83. The summed E-state index contributed by atoms with van der Waals surface area (Å²) in [5.74, 6) is 0.569. The smallest absolute Gasteiger partial charge is 0.241 e. The van der Waals surface area contributed by atoms with Crippen LogP contribution in [0.1, 0.15) is 5.56 Å². The van der Waals surface area contributed by atoms with Crippen LogP contribution >= 0.6 is 0 Å². The van der Waals surface area contributed by atoms with Crippen LogP contribution in [0.3, 0.4) is 0 Å². The molecule has 104 valence electrons. The molecule has 1 aromatic rings. The number of rotatable bonds is 4. The van der Waals surface area contributed by atoms with Gasteiger partial charge in [0.1, 0.15) is 11.8 Å². The summed E-state index contributed by atoms with van der Waals surface area (Å²) < 4.78 is 5.08. The first-order valence-electron chi connectivity index (χ1n) is 6.41. The maximum absolute atomic E-state index is 12.2. The first kappa shape index (κ1) is 14.1. The molecule has 5 nitrogen and oxygen atoms in total. The number of nitrogens with two attached hydrogens (primary N) is 1. The van der Waals surface area contributed by atoms with Crippen molar-refractivity contribution >= 4 is 5.91 Å². The summed E-state index contributed by atoms with van der Waals surface area (Å²) in [6.07, 6.45) is 3.97. The molecular formula is C15H17N3O2. The van der Waals surface area contributed by atoms with Crippen molar-refractivity contribution in [1.29, 1.82) is 5.26 Å². The normalized spacial score (nSPS) is 18.6. The van der Waals surface area contributed by atoms with Gasteiger partial charge in [-0.3, -0.25) is 4.79 Å². The van der Waals surface area contributed by atoms with E-state index in [0.717, 1.165) is 11.3 Å². The van der Waals surface area contributed by atoms with Gasteiger partial charge in [-0.15, -0.1) is 0 Å². The van der Waals surface area contributed by atoms with Crippen molar-refractivity contribution in [3.8, 4) is 11.8 Å². The van der Waals surface area contributed by atoms with Gasteiger partial charge in [-0.2, -0.15) is 5.26 Å². The van der Waals surface area contributed by atoms with E-state index in [1.807, 2.05) is 30.3 Å². The largest absolute Gasteiger partial charge is 0.497 e. The van der Waals surface area contributed by atoms with E-state index in [4.69, 9.17) is 15.7 Å². The first-order valence-corrected chi connectivity index (χ1v) is 6.41. The molecule has 2 atom stereocenters. The van der Waals surface area contributed by atoms with Gasteiger partial charge in [-0.25, -0.2) is 0 Å². The van der Waals surface area contributed by atoms with E-state index >= 15 is 0 Å². The lowest BCUT2D eigenvalue weighted by atomic mass is 10.1. The number of hydrogen-bond donors (Lipinski definition) is 1. The first-order chi connectivity index (χ1) is 9.65. The van der Waals surface area contributed by atoms with Crippen molar-refractivity contribution in [2.75, 3.05) is 13.7 Å². The predicted octanol–water partition coefficient (Wildman–Crippen LogP) is 0.856. The number of amides is 1. The minimum absolute atomic E-state index is 0.197. The highest BCUT2D eigenvalue weighted by Crippen LogP contribution is 2.15. The van der Waals surface area contributed by atoms with Gasteiger partial charge in [0, 0.05) is 6.54 Å². The molecule has 0 aromatic heterocycles. The topological polar surface area (TPSA) is 79.3 Å². The van der Waals surface area contributed by atoms with Crippen molar-refractivity contribution in [3.05, 3.63) is 42.0 Å². The molecule has 20 heavy (non-hydrogen) atoms. The SMILES string of the molecule is COc1ccc(CC(N)C(=O)N2CC=CC2C#N)cc1. The molecule has 1 aromatic carbocycles. The summed E-state index contributed by atoms with van der Waals surface area (Å²) in [6, 6.07) is 8.38. The van der Waals surface area contributed by atoms with E-state index in [9.17, 15) is 4.79 Å². The Hall–Kier alpha value is -2.32. The van der Waals surface area contributed by atoms with Crippen molar-refractivity contribution in [3.63, 3.8) is 0 Å². The predicted molar refractivity (Wildman–Crippen MR) is 74.9 cm³/mol. The van der Waals surface area contributed by atoms with Crippen LogP contribution < -0.4 is 10.5 Å². The Morgan fingerprint density at radius 3 is 2.85 bits per heavy atom. The molecule has 0 spiro atoms. The van der Waals surface area contributed by atoms with E-state index in [0.29, 0.717) is 13.0 Å². The zero-order valence-electron chi connectivity index (χ0n) is 11.3. The molecule has 1 amide bonds. The molecule has 1 aliphatic heterocycles. The highest BCUT2D eigenvalue weighted by atomic mass is 16.5. The van der Waals surface area contributed by atoms with Gasteiger partial charge in [-0.05, 0) is 30.2 Å². The van der Waals surface area contributed by atoms with Crippen LogP contribution in [0.2, 0.25) is 0 Å². The zero-order chi connectivity index (χ0) is 14.5. The molecule has 2 N–H and O–H groups in total. The van der Waals surface area contributed by atoms with E-state index in [1.165, 1.54) is 4.90 Å². The molecule has 1 heterocycles. The molecule has 0 fully saturated rings. The minimum Gasteiger partial charge on any atom is -0.497 e. The summed E-state index contributed by atoms with van der Waals surface area (Å²) in [5, 5.41) is 8.96. The van der Waals surface area contributed by atoms with Gasteiger partial charge in [0.25, 0.3) is 0 Å². The Morgan fingerprint density at radius 1 is 1.55 bits per heavy atom. The molecule has 0 aliphatic carbocycles. The lowest BCUT2D eigenvalue weighted by Gasteiger charge is -2.23. The average molecular weight is 271 g/mol. The highest BCUT2D eigenvalue weighted by Gasteiger charge is 2.28. The monoisotopic (exact) mass is 271 g/mol. The van der Waals surface area contributed by atoms with Crippen molar-refractivity contribution in [1.82, 2.24) is 4.90 Å². The number of nitrogens with zero attached hydrogens (tertiary/aromatic N) is 2. The number of methoxy groups -OCH3 is 1. The Balaban J connectivity index is 1.99. The molecule has 0 saturated carbocycles. The van der Waals surface area contributed by atoms with E-state index < -0.39 is 12.1 Å².